The first-order chi connectivity index (χ1) is 6.88. The van der Waals surface area contributed by atoms with E-state index in [4.69, 9.17) is 0 Å². The van der Waals surface area contributed by atoms with Crippen LogP contribution in [0.4, 0.5) is 0 Å². The maximum atomic E-state index is 4.57. The molecule has 0 amide bonds. The standard InChI is InChI=1S/C12H16N2/c1-14-11-7-3-2-5-9(11)10-6-4-8-13-12(10)14/h4,6,8,10,12H,2-3,5,7H2,1H3. The second-order valence-corrected chi connectivity index (χ2v) is 4.41. The summed E-state index contributed by atoms with van der Waals surface area (Å²) in [5.41, 5.74) is 3.24. The van der Waals surface area contributed by atoms with Crippen LogP contribution < -0.4 is 0 Å². The van der Waals surface area contributed by atoms with Crippen molar-refractivity contribution in [1.82, 2.24) is 4.90 Å². The highest BCUT2D eigenvalue weighted by Crippen LogP contribution is 2.42. The molecule has 0 bridgehead atoms. The summed E-state index contributed by atoms with van der Waals surface area (Å²) in [5, 5.41) is 0. The van der Waals surface area contributed by atoms with E-state index in [-0.39, 0.29) is 0 Å². The van der Waals surface area contributed by atoms with Crippen LogP contribution in [0.3, 0.4) is 0 Å². The Hall–Kier alpha value is -1.05. The molecule has 2 heteroatoms. The molecule has 2 nitrogen and oxygen atoms in total. The minimum absolute atomic E-state index is 0.378. The Morgan fingerprint density at radius 1 is 1.36 bits per heavy atom. The molecule has 14 heavy (non-hydrogen) atoms. The van der Waals surface area contributed by atoms with Crippen LogP contribution in [-0.2, 0) is 0 Å². The Labute approximate surface area is 85.0 Å². The van der Waals surface area contributed by atoms with Crippen molar-refractivity contribution in [3.63, 3.8) is 0 Å². The highest BCUT2D eigenvalue weighted by Gasteiger charge is 2.37. The van der Waals surface area contributed by atoms with E-state index in [2.05, 4.69) is 29.1 Å². The normalized spacial score (nSPS) is 34.8. The Bertz CT molecular complexity index is 338. The van der Waals surface area contributed by atoms with E-state index in [1.165, 1.54) is 25.7 Å². The van der Waals surface area contributed by atoms with Gasteiger partial charge in [0.15, 0.2) is 0 Å². The smallest absolute Gasteiger partial charge is 0.130 e. The molecule has 2 atom stereocenters. The number of nitrogens with zero attached hydrogens (tertiary/aromatic N) is 2. The Kier molecular flexibility index (Phi) is 1.76. The molecule has 0 fully saturated rings. The maximum absolute atomic E-state index is 4.57. The molecular formula is C12H16N2. The van der Waals surface area contributed by atoms with Gasteiger partial charge in [0.05, 0.1) is 0 Å². The summed E-state index contributed by atoms with van der Waals surface area (Å²) in [7, 11) is 2.20. The molecule has 74 valence electrons. The zero-order valence-electron chi connectivity index (χ0n) is 8.61. The fourth-order valence-corrected chi connectivity index (χ4v) is 2.97. The van der Waals surface area contributed by atoms with Crippen molar-refractivity contribution in [2.75, 3.05) is 7.05 Å². The quantitative estimate of drug-likeness (QED) is 0.569. The van der Waals surface area contributed by atoms with Gasteiger partial charge in [-0.15, -0.1) is 0 Å². The number of hydrogen-bond acceptors (Lipinski definition) is 2. The zero-order valence-corrected chi connectivity index (χ0v) is 8.61. The highest BCUT2D eigenvalue weighted by molar-refractivity contribution is 5.73. The Morgan fingerprint density at radius 2 is 2.21 bits per heavy atom. The average Bonchev–Trinajstić information content (AvgIpc) is 2.55. The summed E-state index contributed by atoms with van der Waals surface area (Å²) in [6.45, 7) is 0. The van der Waals surface area contributed by atoms with Crippen LogP contribution in [0.5, 0.6) is 0 Å². The third-order valence-electron chi connectivity index (χ3n) is 3.67. The summed E-state index contributed by atoms with van der Waals surface area (Å²) in [6.07, 6.45) is 12.0. The molecule has 0 saturated carbocycles. The van der Waals surface area contributed by atoms with Crippen molar-refractivity contribution in [1.29, 1.82) is 0 Å². The predicted molar refractivity (Wildman–Crippen MR) is 58.2 cm³/mol. The van der Waals surface area contributed by atoms with Crippen LogP contribution in [0, 0.1) is 5.92 Å². The number of aliphatic imine (C=N–C) groups is 1. The SMILES string of the molecule is CN1C2=C(CCCC2)C2C=CC=NC21. The minimum Gasteiger partial charge on any atom is -0.356 e. The van der Waals surface area contributed by atoms with E-state index < -0.39 is 0 Å². The molecular weight excluding hydrogens is 172 g/mol. The largest absolute Gasteiger partial charge is 0.356 e. The van der Waals surface area contributed by atoms with E-state index >= 15 is 0 Å². The second kappa shape index (κ2) is 2.97. The summed E-state index contributed by atoms with van der Waals surface area (Å²) in [4.78, 5) is 6.96. The predicted octanol–water partition coefficient (Wildman–Crippen LogP) is 2.34. The molecule has 3 rings (SSSR count). The third-order valence-corrected chi connectivity index (χ3v) is 3.67. The second-order valence-electron chi connectivity index (χ2n) is 4.41. The van der Waals surface area contributed by atoms with Crippen LogP contribution in [0.2, 0.25) is 0 Å². The molecule has 0 aromatic rings. The monoisotopic (exact) mass is 188 g/mol. The molecule has 0 aromatic heterocycles. The van der Waals surface area contributed by atoms with E-state index in [1.54, 1.807) is 11.3 Å². The molecule has 0 saturated heterocycles. The van der Waals surface area contributed by atoms with Crippen LogP contribution in [0.25, 0.3) is 0 Å². The molecule has 0 N–H and O–H groups in total. The fourth-order valence-electron chi connectivity index (χ4n) is 2.97. The first kappa shape index (κ1) is 8.27. The van der Waals surface area contributed by atoms with Gasteiger partial charge in [0.2, 0.25) is 0 Å². The number of allylic oxidation sites excluding steroid dienone is 2. The van der Waals surface area contributed by atoms with Gasteiger partial charge >= 0.3 is 0 Å². The number of hydrogen-bond donors (Lipinski definition) is 0. The van der Waals surface area contributed by atoms with E-state index in [1.807, 2.05) is 6.21 Å². The van der Waals surface area contributed by atoms with Gasteiger partial charge in [0, 0.05) is 24.9 Å². The van der Waals surface area contributed by atoms with E-state index in [0.29, 0.717) is 12.1 Å². The van der Waals surface area contributed by atoms with Gasteiger partial charge in [-0.3, -0.25) is 4.99 Å². The molecule has 3 aliphatic rings. The third kappa shape index (κ3) is 0.999. The molecule has 2 heterocycles. The van der Waals surface area contributed by atoms with Crippen molar-refractivity contribution < 1.29 is 0 Å². The molecule has 0 aromatic carbocycles. The van der Waals surface area contributed by atoms with Gasteiger partial charge in [-0.2, -0.15) is 0 Å². The first-order valence-corrected chi connectivity index (χ1v) is 5.52. The fraction of sp³-hybridized carbons (Fsp3) is 0.583. The minimum atomic E-state index is 0.378. The Balaban J connectivity index is 2.01. The van der Waals surface area contributed by atoms with Gasteiger partial charge in [-0.05, 0) is 37.3 Å². The number of rotatable bonds is 0. The van der Waals surface area contributed by atoms with Crippen molar-refractivity contribution in [2.24, 2.45) is 10.9 Å². The van der Waals surface area contributed by atoms with Gasteiger partial charge in [0.25, 0.3) is 0 Å². The van der Waals surface area contributed by atoms with Gasteiger partial charge in [0.1, 0.15) is 6.17 Å². The van der Waals surface area contributed by atoms with Crippen molar-refractivity contribution in [3.05, 3.63) is 23.4 Å². The Morgan fingerprint density at radius 3 is 3.14 bits per heavy atom. The lowest BCUT2D eigenvalue weighted by atomic mass is 9.88. The lowest BCUT2D eigenvalue weighted by Gasteiger charge is -2.25. The summed E-state index contributed by atoms with van der Waals surface area (Å²) >= 11 is 0. The molecule has 0 radical (unpaired) electrons. The van der Waals surface area contributed by atoms with Gasteiger partial charge < -0.3 is 4.90 Å². The highest BCUT2D eigenvalue weighted by atomic mass is 15.3. The maximum Gasteiger partial charge on any atom is 0.130 e. The molecule has 2 aliphatic heterocycles. The van der Waals surface area contributed by atoms with Crippen LogP contribution in [-0.4, -0.2) is 24.3 Å². The summed E-state index contributed by atoms with van der Waals surface area (Å²) < 4.78 is 0. The van der Waals surface area contributed by atoms with Crippen molar-refractivity contribution in [2.45, 2.75) is 31.8 Å². The van der Waals surface area contributed by atoms with Gasteiger partial charge in [-0.1, -0.05) is 6.08 Å². The lowest BCUT2D eigenvalue weighted by molar-refractivity contribution is 0.306. The van der Waals surface area contributed by atoms with Crippen molar-refractivity contribution >= 4 is 6.21 Å². The molecule has 0 spiro atoms. The molecule has 2 unspecified atom stereocenters. The van der Waals surface area contributed by atoms with E-state index in [0.717, 1.165) is 0 Å². The number of fused-ring (bicyclic) bond motifs is 2. The topological polar surface area (TPSA) is 15.6 Å². The lowest BCUT2D eigenvalue weighted by Crippen LogP contribution is -2.29. The van der Waals surface area contributed by atoms with Crippen LogP contribution in [0.1, 0.15) is 25.7 Å². The van der Waals surface area contributed by atoms with Crippen LogP contribution >= 0.6 is 0 Å². The van der Waals surface area contributed by atoms with Crippen molar-refractivity contribution in [3.8, 4) is 0 Å². The summed E-state index contributed by atoms with van der Waals surface area (Å²) in [6, 6.07) is 0. The first-order valence-electron chi connectivity index (χ1n) is 5.52. The zero-order chi connectivity index (χ0) is 9.54. The number of dihydropyridines is 1. The van der Waals surface area contributed by atoms with E-state index in [9.17, 15) is 0 Å². The van der Waals surface area contributed by atoms with Crippen LogP contribution in [0.15, 0.2) is 28.4 Å². The van der Waals surface area contributed by atoms with Gasteiger partial charge in [-0.25, -0.2) is 0 Å². The average molecular weight is 188 g/mol. The molecule has 1 aliphatic carbocycles. The summed E-state index contributed by atoms with van der Waals surface area (Å²) in [5.74, 6) is 0.584.